The molecule has 1 aliphatic heterocycles. The highest BCUT2D eigenvalue weighted by Crippen LogP contribution is 2.15. The Kier molecular flexibility index (Phi) is 5.47. The first-order valence-electron chi connectivity index (χ1n) is 5.56. The molecule has 1 fully saturated rings. The van der Waals surface area contributed by atoms with Gasteiger partial charge in [0.05, 0.1) is 12.5 Å². The van der Waals surface area contributed by atoms with Crippen molar-refractivity contribution in [3.05, 3.63) is 0 Å². The SMILES string of the molecule is CC(S)CCCC(C)C(=O)OCC1CO1. The van der Waals surface area contributed by atoms with Crippen LogP contribution in [0.1, 0.15) is 33.1 Å². The Morgan fingerprint density at radius 3 is 2.73 bits per heavy atom. The number of thiol groups is 1. The summed E-state index contributed by atoms with van der Waals surface area (Å²) in [5.74, 6) is -0.104. The maximum atomic E-state index is 11.5. The molecular formula is C11H20O3S. The van der Waals surface area contributed by atoms with Gasteiger partial charge in [-0.25, -0.2) is 0 Å². The first-order valence-corrected chi connectivity index (χ1v) is 6.07. The smallest absolute Gasteiger partial charge is 0.308 e. The van der Waals surface area contributed by atoms with Crippen molar-refractivity contribution in [2.75, 3.05) is 13.2 Å². The van der Waals surface area contributed by atoms with Crippen molar-refractivity contribution in [1.29, 1.82) is 0 Å². The van der Waals surface area contributed by atoms with Gasteiger partial charge in [-0.1, -0.05) is 20.3 Å². The molecule has 0 spiro atoms. The molecule has 1 aliphatic rings. The topological polar surface area (TPSA) is 38.8 Å². The molecule has 0 radical (unpaired) electrons. The number of carbonyl (C=O) groups excluding carboxylic acids is 1. The standard InChI is InChI=1S/C11H20O3S/c1-8(4-3-5-9(2)15)11(12)14-7-10-6-13-10/h8-10,15H,3-7H2,1-2H3. The molecule has 0 N–H and O–H groups in total. The zero-order valence-electron chi connectivity index (χ0n) is 9.44. The van der Waals surface area contributed by atoms with Crippen molar-refractivity contribution in [3.8, 4) is 0 Å². The molecule has 4 heteroatoms. The number of ether oxygens (including phenoxy) is 2. The van der Waals surface area contributed by atoms with E-state index in [1.54, 1.807) is 0 Å². The van der Waals surface area contributed by atoms with E-state index in [0.29, 0.717) is 11.9 Å². The summed E-state index contributed by atoms with van der Waals surface area (Å²) in [6.45, 7) is 5.14. The van der Waals surface area contributed by atoms with Crippen LogP contribution in [0.25, 0.3) is 0 Å². The van der Waals surface area contributed by atoms with E-state index in [4.69, 9.17) is 9.47 Å². The zero-order valence-corrected chi connectivity index (χ0v) is 10.3. The van der Waals surface area contributed by atoms with Gasteiger partial charge in [0.15, 0.2) is 0 Å². The molecule has 15 heavy (non-hydrogen) atoms. The molecular weight excluding hydrogens is 212 g/mol. The maximum absolute atomic E-state index is 11.5. The van der Waals surface area contributed by atoms with Gasteiger partial charge in [-0.05, 0) is 18.1 Å². The second kappa shape index (κ2) is 6.38. The van der Waals surface area contributed by atoms with Gasteiger partial charge in [-0.2, -0.15) is 12.6 Å². The van der Waals surface area contributed by atoms with E-state index in [-0.39, 0.29) is 18.0 Å². The summed E-state index contributed by atoms with van der Waals surface area (Å²) in [5.41, 5.74) is 0. The van der Waals surface area contributed by atoms with E-state index in [2.05, 4.69) is 19.6 Å². The number of carbonyl (C=O) groups is 1. The highest BCUT2D eigenvalue weighted by Gasteiger charge is 2.25. The molecule has 0 aromatic carbocycles. The van der Waals surface area contributed by atoms with Crippen molar-refractivity contribution in [1.82, 2.24) is 0 Å². The lowest BCUT2D eigenvalue weighted by atomic mass is 10.0. The van der Waals surface area contributed by atoms with Crippen molar-refractivity contribution in [2.45, 2.75) is 44.5 Å². The maximum Gasteiger partial charge on any atom is 0.308 e. The van der Waals surface area contributed by atoms with Gasteiger partial charge in [-0.3, -0.25) is 4.79 Å². The summed E-state index contributed by atoms with van der Waals surface area (Å²) in [6, 6.07) is 0. The number of epoxide rings is 1. The lowest BCUT2D eigenvalue weighted by Gasteiger charge is -2.11. The predicted molar refractivity (Wildman–Crippen MR) is 62.2 cm³/mol. The quantitative estimate of drug-likeness (QED) is 0.415. The van der Waals surface area contributed by atoms with Crippen molar-refractivity contribution >= 4 is 18.6 Å². The summed E-state index contributed by atoms with van der Waals surface area (Å²) < 4.78 is 10.1. The summed E-state index contributed by atoms with van der Waals surface area (Å²) in [5, 5.41) is 0.410. The lowest BCUT2D eigenvalue weighted by Crippen LogP contribution is -2.17. The molecule has 1 saturated heterocycles. The van der Waals surface area contributed by atoms with Gasteiger partial charge < -0.3 is 9.47 Å². The fourth-order valence-electron chi connectivity index (χ4n) is 1.32. The van der Waals surface area contributed by atoms with Crippen molar-refractivity contribution < 1.29 is 14.3 Å². The third-order valence-corrected chi connectivity index (χ3v) is 2.73. The fraction of sp³-hybridized carbons (Fsp3) is 0.909. The van der Waals surface area contributed by atoms with Crippen LogP contribution in [0.4, 0.5) is 0 Å². The molecule has 1 heterocycles. The Hall–Kier alpha value is -0.220. The highest BCUT2D eigenvalue weighted by atomic mass is 32.1. The van der Waals surface area contributed by atoms with E-state index in [1.807, 2.05) is 6.92 Å². The molecule has 0 aromatic heterocycles. The summed E-state index contributed by atoms with van der Waals surface area (Å²) in [4.78, 5) is 11.5. The van der Waals surface area contributed by atoms with E-state index in [1.165, 1.54) is 0 Å². The average molecular weight is 232 g/mol. The van der Waals surface area contributed by atoms with Crippen LogP contribution in [-0.2, 0) is 14.3 Å². The third-order valence-electron chi connectivity index (χ3n) is 2.48. The number of rotatable bonds is 7. The Morgan fingerprint density at radius 2 is 2.20 bits per heavy atom. The second-order valence-corrected chi connectivity index (χ2v) is 5.15. The number of esters is 1. The van der Waals surface area contributed by atoms with Gasteiger partial charge in [-0.15, -0.1) is 0 Å². The van der Waals surface area contributed by atoms with Crippen LogP contribution in [0.3, 0.4) is 0 Å². The monoisotopic (exact) mass is 232 g/mol. The molecule has 88 valence electrons. The van der Waals surface area contributed by atoms with E-state index in [0.717, 1.165) is 25.9 Å². The van der Waals surface area contributed by atoms with Crippen LogP contribution in [0.15, 0.2) is 0 Å². The van der Waals surface area contributed by atoms with E-state index < -0.39 is 0 Å². The van der Waals surface area contributed by atoms with Gasteiger partial charge in [0.1, 0.15) is 12.7 Å². The summed E-state index contributed by atoms with van der Waals surface area (Å²) in [7, 11) is 0. The molecule has 3 unspecified atom stereocenters. The Balaban J connectivity index is 2.03. The van der Waals surface area contributed by atoms with Gasteiger partial charge in [0.25, 0.3) is 0 Å². The van der Waals surface area contributed by atoms with E-state index >= 15 is 0 Å². The number of hydrogen-bond donors (Lipinski definition) is 1. The fourth-order valence-corrected chi connectivity index (χ4v) is 1.50. The second-order valence-electron chi connectivity index (χ2n) is 4.27. The predicted octanol–water partition coefficient (Wildman–Crippen LogP) is 2.05. The molecule has 0 saturated carbocycles. The molecule has 0 bridgehead atoms. The van der Waals surface area contributed by atoms with Gasteiger partial charge in [0, 0.05) is 0 Å². The molecule has 0 aliphatic carbocycles. The van der Waals surface area contributed by atoms with Crippen molar-refractivity contribution in [3.63, 3.8) is 0 Å². The van der Waals surface area contributed by atoms with Crippen molar-refractivity contribution in [2.24, 2.45) is 5.92 Å². The Morgan fingerprint density at radius 1 is 1.53 bits per heavy atom. The molecule has 3 atom stereocenters. The molecule has 3 nitrogen and oxygen atoms in total. The normalized spacial score (nSPS) is 23.3. The van der Waals surface area contributed by atoms with Crippen LogP contribution >= 0.6 is 12.6 Å². The minimum Gasteiger partial charge on any atom is -0.463 e. The minimum absolute atomic E-state index is 0.00386. The average Bonchev–Trinajstić information content (AvgIpc) is 2.96. The van der Waals surface area contributed by atoms with Crippen LogP contribution in [0, 0.1) is 5.92 Å². The molecule has 0 amide bonds. The Labute approximate surface area is 96.9 Å². The first kappa shape index (κ1) is 12.8. The zero-order chi connectivity index (χ0) is 11.3. The molecule has 1 rings (SSSR count). The van der Waals surface area contributed by atoms with Crippen LogP contribution in [-0.4, -0.2) is 30.5 Å². The number of hydrogen-bond acceptors (Lipinski definition) is 4. The minimum atomic E-state index is -0.0997. The lowest BCUT2D eigenvalue weighted by molar-refractivity contribution is -0.148. The van der Waals surface area contributed by atoms with Crippen LogP contribution in [0.2, 0.25) is 0 Å². The van der Waals surface area contributed by atoms with Crippen LogP contribution < -0.4 is 0 Å². The summed E-state index contributed by atoms with van der Waals surface area (Å²) in [6.07, 6.45) is 3.13. The third kappa shape index (κ3) is 6.05. The first-order chi connectivity index (χ1) is 7.09. The van der Waals surface area contributed by atoms with Gasteiger partial charge >= 0.3 is 5.97 Å². The largest absolute Gasteiger partial charge is 0.463 e. The van der Waals surface area contributed by atoms with Crippen LogP contribution in [0.5, 0.6) is 0 Å². The summed E-state index contributed by atoms with van der Waals surface area (Å²) >= 11 is 4.30. The van der Waals surface area contributed by atoms with E-state index in [9.17, 15) is 4.79 Å². The highest BCUT2D eigenvalue weighted by molar-refractivity contribution is 7.80. The molecule has 0 aromatic rings. The van der Waals surface area contributed by atoms with Gasteiger partial charge in [0.2, 0.25) is 0 Å². The Bertz CT molecular complexity index is 202.